The minimum Gasteiger partial charge on any atom is -0.480 e. The molecule has 0 aliphatic heterocycles. The van der Waals surface area contributed by atoms with Crippen LogP contribution in [-0.4, -0.2) is 35.5 Å². The van der Waals surface area contributed by atoms with E-state index in [-0.39, 0.29) is 29.7 Å². The quantitative estimate of drug-likeness (QED) is 0.662. The van der Waals surface area contributed by atoms with E-state index in [1.165, 1.54) is 0 Å². The van der Waals surface area contributed by atoms with Crippen LogP contribution in [0.2, 0.25) is 0 Å². The van der Waals surface area contributed by atoms with Gasteiger partial charge in [0.15, 0.2) is 0 Å². The van der Waals surface area contributed by atoms with Gasteiger partial charge in [0.05, 0.1) is 6.54 Å². The highest BCUT2D eigenvalue weighted by Crippen LogP contribution is 2.25. The second-order valence-electron chi connectivity index (χ2n) is 6.89. The normalized spacial score (nSPS) is 14.4. The minimum absolute atomic E-state index is 0.155. The molecule has 2 atom stereocenters. The molecule has 0 saturated heterocycles. The average molecular weight is 300 g/mol. The van der Waals surface area contributed by atoms with Crippen LogP contribution in [0.25, 0.3) is 0 Å². The molecule has 0 aromatic rings. The van der Waals surface area contributed by atoms with E-state index in [0.29, 0.717) is 6.42 Å². The van der Waals surface area contributed by atoms with E-state index in [1.807, 2.05) is 34.6 Å². The monoisotopic (exact) mass is 300 g/mol. The first-order chi connectivity index (χ1) is 9.45. The molecule has 122 valence electrons. The smallest absolute Gasteiger partial charge is 0.326 e. The number of carboxylic acid groups (broad SMARTS) is 1. The van der Waals surface area contributed by atoms with E-state index in [4.69, 9.17) is 5.11 Å². The third-order valence-corrected chi connectivity index (χ3v) is 3.46. The Bertz CT molecular complexity index is 386. The summed E-state index contributed by atoms with van der Waals surface area (Å²) in [5, 5.41) is 14.0. The average Bonchev–Trinajstić information content (AvgIpc) is 2.32. The first-order valence-corrected chi connectivity index (χ1v) is 7.25. The summed E-state index contributed by atoms with van der Waals surface area (Å²) >= 11 is 0. The summed E-state index contributed by atoms with van der Waals surface area (Å²) in [4.78, 5) is 34.7. The molecule has 6 nitrogen and oxygen atoms in total. The van der Waals surface area contributed by atoms with Gasteiger partial charge in [-0.3, -0.25) is 9.59 Å². The highest BCUT2D eigenvalue weighted by Gasteiger charge is 2.27. The Hall–Kier alpha value is -1.59. The molecular weight excluding hydrogens is 272 g/mol. The Morgan fingerprint density at radius 3 is 2.00 bits per heavy atom. The molecule has 0 aromatic carbocycles. The van der Waals surface area contributed by atoms with Gasteiger partial charge in [-0.2, -0.15) is 0 Å². The molecule has 0 bridgehead atoms. The van der Waals surface area contributed by atoms with Gasteiger partial charge in [0.2, 0.25) is 11.8 Å². The van der Waals surface area contributed by atoms with Crippen molar-refractivity contribution in [2.24, 2.45) is 17.3 Å². The zero-order chi connectivity index (χ0) is 16.8. The van der Waals surface area contributed by atoms with Gasteiger partial charge in [-0.25, -0.2) is 4.79 Å². The predicted octanol–water partition coefficient (Wildman–Crippen LogP) is 1.40. The highest BCUT2D eigenvalue weighted by atomic mass is 16.4. The number of amides is 2. The van der Waals surface area contributed by atoms with Crippen LogP contribution in [0.3, 0.4) is 0 Å². The number of rotatable bonds is 7. The summed E-state index contributed by atoms with van der Waals surface area (Å²) < 4.78 is 0. The molecule has 0 aliphatic rings. The third-order valence-electron chi connectivity index (χ3n) is 3.46. The van der Waals surface area contributed by atoms with E-state index in [2.05, 4.69) is 10.6 Å². The molecule has 0 heterocycles. The summed E-state index contributed by atoms with van der Waals surface area (Å²) in [5.74, 6) is -1.85. The Morgan fingerprint density at radius 1 is 1.10 bits per heavy atom. The fraction of sp³-hybridized carbons (Fsp3) is 0.800. The van der Waals surface area contributed by atoms with Crippen molar-refractivity contribution in [3.05, 3.63) is 0 Å². The predicted molar refractivity (Wildman–Crippen MR) is 80.7 cm³/mol. The molecule has 21 heavy (non-hydrogen) atoms. The van der Waals surface area contributed by atoms with Gasteiger partial charge in [-0.05, 0) is 17.8 Å². The van der Waals surface area contributed by atoms with Gasteiger partial charge < -0.3 is 15.7 Å². The van der Waals surface area contributed by atoms with Crippen LogP contribution >= 0.6 is 0 Å². The lowest BCUT2D eigenvalue weighted by Gasteiger charge is -2.26. The molecule has 0 saturated carbocycles. The van der Waals surface area contributed by atoms with Gasteiger partial charge >= 0.3 is 5.97 Å². The summed E-state index contributed by atoms with van der Waals surface area (Å²) in [6, 6.07) is -0.922. The first kappa shape index (κ1) is 19.4. The second kappa shape index (κ2) is 8.00. The van der Waals surface area contributed by atoms with E-state index in [0.717, 1.165) is 0 Å². The molecule has 6 heteroatoms. The van der Waals surface area contributed by atoms with Gasteiger partial charge in [0.1, 0.15) is 6.04 Å². The molecule has 0 aromatic heterocycles. The Morgan fingerprint density at radius 2 is 1.62 bits per heavy atom. The summed E-state index contributed by atoms with van der Waals surface area (Å²) in [6.07, 6.45) is 0.355. The molecule has 0 fully saturated rings. The Labute approximate surface area is 126 Å². The zero-order valence-electron chi connectivity index (χ0n) is 13.8. The summed E-state index contributed by atoms with van der Waals surface area (Å²) in [6.45, 7) is 11.2. The Kier molecular flexibility index (Phi) is 7.39. The van der Waals surface area contributed by atoms with Gasteiger partial charge in [-0.15, -0.1) is 0 Å². The second-order valence-corrected chi connectivity index (χ2v) is 6.89. The van der Waals surface area contributed by atoms with E-state index >= 15 is 0 Å². The molecule has 0 radical (unpaired) electrons. The third kappa shape index (κ3) is 7.68. The lowest BCUT2D eigenvalue weighted by molar-refractivity contribution is -0.142. The van der Waals surface area contributed by atoms with Crippen molar-refractivity contribution in [2.75, 3.05) is 6.54 Å². The molecule has 0 rings (SSSR count). The number of nitrogens with one attached hydrogen (secondary N) is 2. The molecule has 0 spiro atoms. The number of carbonyl (C=O) groups is 3. The van der Waals surface area contributed by atoms with Crippen LogP contribution in [0.15, 0.2) is 0 Å². The van der Waals surface area contributed by atoms with Gasteiger partial charge in [-0.1, -0.05) is 41.5 Å². The molecular formula is C15H28N2O4. The number of hydrogen-bond donors (Lipinski definition) is 3. The highest BCUT2D eigenvalue weighted by molar-refractivity contribution is 5.88. The standard InChI is InChI=1S/C15H28N2O4/c1-9(2)7-11(14(20)21)17-12(18)8-16-13(19)10(3)15(4,5)6/h9-11H,7-8H2,1-6H3,(H,16,19)(H,17,18)(H,20,21)/t10?,11-/m0/s1. The van der Waals surface area contributed by atoms with Crippen molar-refractivity contribution in [2.45, 2.75) is 54.0 Å². The van der Waals surface area contributed by atoms with Crippen LogP contribution in [0.4, 0.5) is 0 Å². The molecule has 3 N–H and O–H groups in total. The van der Waals surface area contributed by atoms with Crippen molar-refractivity contribution >= 4 is 17.8 Å². The van der Waals surface area contributed by atoms with Crippen molar-refractivity contribution in [1.29, 1.82) is 0 Å². The zero-order valence-corrected chi connectivity index (χ0v) is 13.8. The topological polar surface area (TPSA) is 95.5 Å². The lowest BCUT2D eigenvalue weighted by Crippen LogP contribution is -2.47. The maximum atomic E-state index is 11.9. The lowest BCUT2D eigenvalue weighted by atomic mass is 9.81. The number of aliphatic carboxylic acids is 1. The maximum absolute atomic E-state index is 11.9. The summed E-state index contributed by atoms with van der Waals surface area (Å²) in [7, 11) is 0. The summed E-state index contributed by atoms with van der Waals surface area (Å²) in [5.41, 5.74) is -0.193. The van der Waals surface area contributed by atoms with E-state index < -0.39 is 17.9 Å². The minimum atomic E-state index is -1.06. The largest absolute Gasteiger partial charge is 0.480 e. The van der Waals surface area contributed by atoms with Gasteiger partial charge in [0.25, 0.3) is 0 Å². The van der Waals surface area contributed by atoms with E-state index in [1.54, 1.807) is 6.92 Å². The van der Waals surface area contributed by atoms with Crippen molar-refractivity contribution < 1.29 is 19.5 Å². The van der Waals surface area contributed by atoms with Gasteiger partial charge in [0, 0.05) is 5.92 Å². The molecule has 2 amide bonds. The van der Waals surface area contributed by atoms with Crippen LogP contribution in [0, 0.1) is 17.3 Å². The van der Waals surface area contributed by atoms with Crippen LogP contribution in [0.5, 0.6) is 0 Å². The number of carboxylic acids is 1. The Balaban J connectivity index is 4.37. The number of hydrogen-bond acceptors (Lipinski definition) is 3. The van der Waals surface area contributed by atoms with Crippen LogP contribution in [0.1, 0.15) is 48.0 Å². The van der Waals surface area contributed by atoms with Crippen molar-refractivity contribution in [3.63, 3.8) is 0 Å². The first-order valence-electron chi connectivity index (χ1n) is 7.25. The van der Waals surface area contributed by atoms with E-state index in [9.17, 15) is 14.4 Å². The van der Waals surface area contributed by atoms with Crippen molar-refractivity contribution in [3.8, 4) is 0 Å². The SMILES string of the molecule is CC(C)C[C@H](NC(=O)CNC(=O)C(C)C(C)(C)C)C(=O)O. The van der Waals surface area contributed by atoms with Crippen LogP contribution < -0.4 is 10.6 Å². The maximum Gasteiger partial charge on any atom is 0.326 e. The van der Waals surface area contributed by atoms with Crippen molar-refractivity contribution in [1.82, 2.24) is 10.6 Å². The number of carbonyl (C=O) groups excluding carboxylic acids is 2. The molecule has 1 unspecified atom stereocenters. The fourth-order valence-electron chi connectivity index (χ4n) is 1.65. The fourth-order valence-corrected chi connectivity index (χ4v) is 1.65. The van der Waals surface area contributed by atoms with Crippen LogP contribution in [-0.2, 0) is 14.4 Å². The molecule has 0 aliphatic carbocycles.